The maximum Gasteiger partial charge on any atom is 0.303 e. The molecule has 0 saturated heterocycles. The molecule has 20 heavy (non-hydrogen) atoms. The van der Waals surface area contributed by atoms with Crippen molar-refractivity contribution in [3.8, 4) is 0 Å². The molecule has 3 rings (SSSR count). The van der Waals surface area contributed by atoms with E-state index in [1.807, 2.05) is 24.3 Å². The molecule has 0 aliphatic carbocycles. The van der Waals surface area contributed by atoms with Gasteiger partial charge < -0.3 is 0 Å². The van der Waals surface area contributed by atoms with Gasteiger partial charge in [-0.3, -0.25) is 0 Å². The molecular formula is C18H19N2+. The van der Waals surface area contributed by atoms with Gasteiger partial charge in [0.1, 0.15) is 0 Å². The number of aromatic nitrogens is 1. The predicted molar refractivity (Wildman–Crippen MR) is 82.4 cm³/mol. The first kappa shape index (κ1) is 12.8. The SMILES string of the molecule is C(=C1\CCCCC([n+]2ccccc2)=N1)/c1ccccc1. The Balaban J connectivity index is 1.93. The first-order valence-corrected chi connectivity index (χ1v) is 7.22. The van der Waals surface area contributed by atoms with Gasteiger partial charge >= 0.3 is 5.84 Å². The van der Waals surface area contributed by atoms with E-state index < -0.39 is 0 Å². The molecule has 0 spiro atoms. The molecule has 100 valence electrons. The highest BCUT2D eigenvalue weighted by Gasteiger charge is 2.17. The molecule has 0 bridgehead atoms. The van der Waals surface area contributed by atoms with Gasteiger partial charge in [0.25, 0.3) is 0 Å². The van der Waals surface area contributed by atoms with Crippen LogP contribution in [0.3, 0.4) is 0 Å². The van der Waals surface area contributed by atoms with Crippen molar-refractivity contribution >= 4 is 11.9 Å². The number of pyridine rings is 1. The Hall–Kier alpha value is -2.22. The molecule has 0 saturated carbocycles. The molecule has 1 aromatic heterocycles. The Morgan fingerprint density at radius 1 is 0.850 bits per heavy atom. The van der Waals surface area contributed by atoms with Gasteiger partial charge in [0.2, 0.25) is 0 Å². The highest BCUT2D eigenvalue weighted by molar-refractivity contribution is 5.75. The predicted octanol–water partition coefficient (Wildman–Crippen LogP) is 3.84. The molecule has 0 amide bonds. The summed E-state index contributed by atoms with van der Waals surface area (Å²) in [6.45, 7) is 0. The molecule has 2 heteroatoms. The fourth-order valence-electron chi connectivity index (χ4n) is 2.47. The summed E-state index contributed by atoms with van der Waals surface area (Å²) in [5.41, 5.74) is 2.41. The van der Waals surface area contributed by atoms with Crippen LogP contribution in [0.4, 0.5) is 0 Å². The Kier molecular flexibility index (Phi) is 4.02. The molecule has 1 aliphatic heterocycles. The second-order valence-electron chi connectivity index (χ2n) is 5.06. The Labute approximate surface area is 120 Å². The van der Waals surface area contributed by atoms with Crippen molar-refractivity contribution < 1.29 is 4.57 Å². The number of rotatable bonds is 1. The first-order chi connectivity index (χ1) is 9.92. The molecule has 2 nitrogen and oxygen atoms in total. The van der Waals surface area contributed by atoms with Gasteiger partial charge in [-0.2, -0.15) is 0 Å². The quantitative estimate of drug-likeness (QED) is 0.695. The molecule has 2 heterocycles. The van der Waals surface area contributed by atoms with Crippen molar-refractivity contribution in [2.24, 2.45) is 4.99 Å². The van der Waals surface area contributed by atoms with Gasteiger partial charge in [0, 0.05) is 6.42 Å². The fraction of sp³-hybridized carbons (Fsp3) is 0.222. The minimum atomic E-state index is 1.04. The van der Waals surface area contributed by atoms with Crippen molar-refractivity contribution in [3.05, 3.63) is 72.2 Å². The van der Waals surface area contributed by atoms with E-state index in [4.69, 9.17) is 4.99 Å². The third-order valence-electron chi connectivity index (χ3n) is 3.50. The average molecular weight is 263 g/mol. The summed E-state index contributed by atoms with van der Waals surface area (Å²) < 4.78 is 2.13. The highest BCUT2D eigenvalue weighted by Crippen LogP contribution is 2.19. The van der Waals surface area contributed by atoms with E-state index in [1.54, 1.807) is 0 Å². The molecule has 1 aliphatic rings. The van der Waals surface area contributed by atoms with Crippen LogP contribution < -0.4 is 4.57 Å². The monoisotopic (exact) mass is 263 g/mol. The van der Waals surface area contributed by atoms with Crippen molar-refractivity contribution in [1.29, 1.82) is 0 Å². The summed E-state index contributed by atoms with van der Waals surface area (Å²) >= 11 is 0. The number of aliphatic imine (C=N–C) groups is 1. The molecule has 0 fully saturated rings. The van der Waals surface area contributed by atoms with Crippen molar-refractivity contribution in [2.75, 3.05) is 0 Å². The Morgan fingerprint density at radius 2 is 1.55 bits per heavy atom. The third kappa shape index (κ3) is 3.21. The molecule has 0 N–H and O–H groups in total. The van der Waals surface area contributed by atoms with Gasteiger partial charge in [-0.15, -0.1) is 0 Å². The fourth-order valence-corrected chi connectivity index (χ4v) is 2.47. The van der Waals surface area contributed by atoms with E-state index in [2.05, 4.69) is 47.3 Å². The van der Waals surface area contributed by atoms with E-state index >= 15 is 0 Å². The van der Waals surface area contributed by atoms with Gasteiger partial charge in [-0.25, -0.2) is 4.57 Å². The minimum absolute atomic E-state index is 1.04. The molecule has 0 radical (unpaired) electrons. The smallest absolute Gasteiger partial charge is 0.207 e. The van der Waals surface area contributed by atoms with Crippen LogP contribution >= 0.6 is 0 Å². The normalized spacial score (nSPS) is 17.6. The number of hydrogen-bond acceptors (Lipinski definition) is 1. The first-order valence-electron chi connectivity index (χ1n) is 7.22. The van der Waals surface area contributed by atoms with Crippen molar-refractivity contribution in [3.63, 3.8) is 0 Å². The molecule has 1 aromatic carbocycles. The van der Waals surface area contributed by atoms with Crippen LogP contribution in [0.5, 0.6) is 0 Å². The third-order valence-corrected chi connectivity index (χ3v) is 3.50. The molecular weight excluding hydrogens is 244 g/mol. The molecule has 0 atom stereocenters. The van der Waals surface area contributed by atoms with Crippen LogP contribution in [0, 0.1) is 0 Å². The lowest BCUT2D eigenvalue weighted by molar-refractivity contribution is -0.557. The molecule has 2 aromatic rings. The average Bonchev–Trinajstić information content (AvgIpc) is 2.75. The number of allylic oxidation sites excluding steroid dienone is 1. The summed E-state index contributed by atoms with van der Waals surface area (Å²) in [5, 5.41) is 0. The van der Waals surface area contributed by atoms with Crippen LogP contribution in [-0.2, 0) is 0 Å². The van der Waals surface area contributed by atoms with E-state index in [9.17, 15) is 0 Å². The Bertz CT molecular complexity index is 612. The zero-order valence-corrected chi connectivity index (χ0v) is 11.6. The van der Waals surface area contributed by atoms with E-state index in [0.717, 1.165) is 18.7 Å². The van der Waals surface area contributed by atoms with Gasteiger partial charge in [0.15, 0.2) is 5.70 Å². The summed E-state index contributed by atoms with van der Waals surface area (Å²) in [4.78, 5) is 4.88. The summed E-state index contributed by atoms with van der Waals surface area (Å²) in [6.07, 6.45) is 10.9. The van der Waals surface area contributed by atoms with Crippen LogP contribution in [-0.4, -0.2) is 5.84 Å². The van der Waals surface area contributed by atoms with Gasteiger partial charge in [0.05, 0.1) is 18.8 Å². The van der Waals surface area contributed by atoms with Crippen LogP contribution in [0.15, 0.2) is 71.6 Å². The second kappa shape index (κ2) is 6.29. The van der Waals surface area contributed by atoms with Crippen molar-refractivity contribution in [1.82, 2.24) is 0 Å². The van der Waals surface area contributed by atoms with Gasteiger partial charge in [-0.1, -0.05) is 41.4 Å². The standard InChI is InChI=1S/C18H19N2/c1-3-9-16(10-4-1)15-17-11-5-6-12-18(19-17)20-13-7-2-8-14-20/h1-4,7-10,13-15H,5-6,11-12H2/q+1/b17-15-. The Morgan fingerprint density at radius 3 is 2.35 bits per heavy atom. The lowest BCUT2D eigenvalue weighted by atomic mass is 10.1. The number of benzene rings is 1. The van der Waals surface area contributed by atoms with E-state index in [-0.39, 0.29) is 0 Å². The van der Waals surface area contributed by atoms with Crippen LogP contribution in [0.2, 0.25) is 0 Å². The summed E-state index contributed by atoms with van der Waals surface area (Å²) in [5.74, 6) is 1.14. The zero-order valence-electron chi connectivity index (χ0n) is 11.6. The lowest BCUT2D eigenvalue weighted by Crippen LogP contribution is -2.41. The van der Waals surface area contributed by atoms with Crippen molar-refractivity contribution in [2.45, 2.75) is 25.7 Å². The maximum absolute atomic E-state index is 4.88. The van der Waals surface area contributed by atoms with E-state index in [1.165, 1.54) is 24.1 Å². The van der Waals surface area contributed by atoms with Crippen LogP contribution in [0.25, 0.3) is 6.08 Å². The van der Waals surface area contributed by atoms with Crippen LogP contribution in [0.1, 0.15) is 31.2 Å². The lowest BCUT2D eigenvalue weighted by Gasteiger charge is -1.97. The largest absolute Gasteiger partial charge is 0.303 e. The summed E-state index contributed by atoms with van der Waals surface area (Å²) in [6, 6.07) is 16.6. The number of nitrogens with zero attached hydrogens (tertiary/aromatic N) is 2. The highest BCUT2D eigenvalue weighted by atomic mass is 15.0. The summed E-state index contributed by atoms with van der Waals surface area (Å²) in [7, 11) is 0. The molecule has 0 unspecified atom stereocenters. The minimum Gasteiger partial charge on any atom is -0.207 e. The second-order valence-corrected chi connectivity index (χ2v) is 5.06. The van der Waals surface area contributed by atoms with Gasteiger partial charge in [-0.05, 0) is 36.6 Å². The number of hydrogen-bond donors (Lipinski definition) is 0. The maximum atomic E-state index is 4.88. The van der Waals surface area contributed by atoms with E-state index in [0.29, 0.717) is 0 Å². The zero-order chi connectivity index (χ0) is 13.6. The topological polar surface area (TPSA) is 16.2 Å².